The summed E-state index contributed by atoms with van der Waals surface area (Å²) in [6.45, 7) is 3.85. The van der Waals surface area contributed by atoms with Gasteiger partial charge in [-0.25, -0.2) is 14.8 Å². The van der Waals surface area contributed by atoms with Crippen molar-refractivity contribution < 1.29 is 23.9 Å². The van der Waals surface area contributed by atoms with Crippen molar-refractivity contribution in [3.63, 3.8) is 0 Å². The van der Waals surface area contributed by atoms with E-state index in [0.29, 0.717) is 26.1 Å². The van der Waals surface area contributed by atoms with Gasteiger partial charge in [0.1, 0.15) is 18.0 Å². The Hall–Kier alpha value is -2.85. The molecule has 186 valence electrons. The van der Waals surface area contributed by atoms with E-state index in [-0.39, 0.29) is 37.0 Å². The summed E-state index contributed by atoms with van der Waals surface area (Å²) in [6.07, 6.45) is 2.68. The molecule has 0 aromatic heterocycles. The number of nitrogens with zero attached hydrogens (tertiary/aromatic N) is 4. The molecule has 3 saturated heterocycles. The minimum Gasteiger partial charge on any atom is -0.497 e. The number of rotatable bonds is 7. The number of carbonyl (C=O) groups excluding carboxylic acids is 3. The number of hydrogen-bond donors (Lipinski definition) is 1. The van der Waals surface area contributed by atoms with Gasteiger partial charge in [-0.15, -0.1) is 0 Å². The lowest BCUT2D eigenvalue weighted by molar-refractivity contribution is -0.188. The van der Waals surface area contributed by atoms with E-state index in [4.69, 9.17) is 9.47 Å². The van der Waals surface area contributed by atoms with Crippen molar-refractivity contribution >= 4 is 17.8 Å². The molecule has 1 unspecified atom stereocenters. The third-order valence-corrected chi connectivity index (χ3v) is 6.76. The van der Waals surface area contributed by atoms with Gasteiger partial charge in [0.15, 0.2) is 0 Å². The molecule has 0 aliphatic carbocycles. The van der Waals surface area contributed by atoms with Crippen molar-refractivity contribution in [1.82, 2.24) is 25.1 Å². The summed E-state index contributed by atoms with van der Waals surface area (Å²) in [7, 11) is 3.34. The third-order valence-electron chi connectivity index (χ3n) is 6.76. The maximum Gasteiger partial charge on any atom is 0.334 e. The average molecular weight is 474 g/mol. The zero-order valence-electron chi connectivity index (χ0n) is 20.2. The molecule has 4 amide bonds. The van der Waals surface area contributed by atoms with Gasteiger partial charge >= 0.3 is 6.03 Å². The number of methoxy groups -OCH3 is 1. The number of likely N-dealkylation sites (N-methyl/N-ethyl adjacent to an activating group) is 1. The lowest BCUT2D eigenvalue weighted by Gasteiger charge is -2.54. The van der Waals surface area contributed by atoms with E-state index in [1.165, 1.54) is 0 Å². The van der Waals surface area contributed by atoms with Gasteiger partial charge in [-0.2, -0.15) is 0 Å². The molecule has 0 saturated carbocycles. The Kier molecular flexibility index (Phi) is 7.57. The van der Waals surface area contributed by atoms with Crippen LogP contribution in [0.15, 0.2) is 24.3 Å². The predicted octanol–water partition coefficient (Wildman–Crippen LogP) is 1.41. The number of urea groups is 1. The molecule has 3 atom stereocenters. The van der Waals surface area contributed by atoms with E-state index in [1.54, 1.807) is 34.0 Å². The number of ether oxygens (including phenoxy) is 2. The zero-order chi connectivity index (χ0) is 24.2. The number of amides is 4. The van der Waals surface area contributed by atoms with Crippen molar-refractivity contribution in [2.75, 3.05) is 40.4 Å². The number of fused-ring (bicyclic) bond motifs is 1. The van der Waals surface area contributed by atoms with Gasteiger partial charge in [0.25, 0.3) is 0 Å². The van der Waals surface area contributed by atoms with Gasteiger partial charge in [-0.1, -0.05) is 25.5 Å². The number of carbonyl (C=O) groups is 3. The van der Waals surface area contributed by atoms with E-state index in [1.807, 2.05) is 31.2 Å². The normalized spacial score (nSPS) is 25.5. The molecule has 10 nitrogen and oxygen atoms in total. The third kappa shape index (κ3) is 4.97. The van der Waals surface area contributed by atoms with E-state index in [0.717, 1.165) is 30.6 Å². The highest BCUT2D eigenvalue weighted by atomic mass is 16.5. The fourth-order valence-electron chi connectivity index (χ4n) is 5.06. The standard InChI is InChI=1S/C24H35N5O5/c1-4-6-20-23(31)27(14-19-7-5-12-34-19)15-21-28(20)22(30)16-26(2)29(21)24(32)25-13-17-8-10-18(33-3)11-9-17/h8-11,19-21H,4-7,12-16H2,1-3H3,(H,25,32)/t19?,20-,21-/m0/s1. The first kappa shape index (κ1) is 24.3. The Morgan fingerprint density at radius 1 is 1.24 bits per heavy atom. The van der Waals surface area contributed by atoms with Crippen LogP contribution in [0.4, 0.5) is 4.79 Å². The molecule has 0 bridgehead atoms. The number of benzene rings is 1. The van der Waals surface area contributed by atoms with Crippen LogP contribution in [0.25, 0.3) is 0 Å². The first-order chi connectivity index (χ1) is 16.4. The largest absolute Gasteiger partial charge is 0.497 e. The van der Waals surface area contributed by atoms with Crippen LogP contribution in [0.1, 0.15) is 38.2 Å². The van der Waals surface area contributed by atoms with Gasteiger partial charge in [0.05, 0.1) is 26.3 Å². The smallest absolute Gasteiger partial charge is 0.334 e. The zero-order valence-corrected chi connectivity index (χ0v) is 20.2. The fourth-order valence-corrected chi connectivity index (χ4v) is 5.06. The molecule has 1 aromatic rings. The lowest BCUT2D eigenvalue weighted by atomic mass is 10.0. The minimum absolute atomic E-state index is 0.00662. The molecule has 3 heterocycles. The second-order valence-electron chi connectivity index (χ2n) is 9.13. The van der Waals surface area contributed by atoms with Crippen LogP contribution in [0.3, 0.4) is 0 Å². The highest BCUT2D eigenvalue weighted by molar-refractivity contribution is 5.91. The first-order valence-corrected chi connectivity index (χ1v) is 12.1. The molecule has 10 heteroatoms. The molecule has 3 fully saturated rings. The number of hydrogen-bond acceptors (Lipinski definition) is 6. The second-order valence-corrected chi connectivity index (χ2v) is 9.13. The van der Waals surface area contributed by atoms with Gasteiger partial charge < -0.3 is 24.6 Å². The van der Waals surface area contributed by atoms with E-state index in [2.05, 4.69) is 5.32 Å². The summed E-state index contributed by atoms with van der Waals surface area (Å²) in [5.74, 6) is 0.570. The molecule has 3 aliphatic heterocycles. The Bertz CT molecular complexity index is 888. The Balaban J connectivity index is 1.52. The predicted molar refractivity (Wildman–Crippen MR) is 125 cm³/mol. The fraction of sp³-hybridized carbons (Fsp3) is 0.625. The molecule has 0 radical (unpaired) electrons. The van der Waals surface area contributed by atoms with Crippen LogP contribution in [0.2, 0.25) is 0 Å². The van der Waals surface area contributed by atoms with E-state index in [9.17, 15) is 14.4 Å². The van der Waals surface area contributed by atoms with Gasteiger partial charge in [-0.3, -0.25) is 9.59 Å². The van der Waals surface area contributed by atoms with Crippen molar-refractivity contribution in [3.05, 3.63) is 29.8 Å². The first-order valence-electron chi connectivity index (χ1n) is 12.1. The van der Waals surface area contributed by atoms with E-state index >= 15 is 0 Å². The SMILES string of the molecule is CCC[C@H]1C(=O)N(CC2CCCO2)C[C@H]2N1C(=O)CN(C)N2C(=O)NCc1ccc(OC)cc1. The Labute approximate surface area is 200 Å². The Morgan fingerprint density at radius 3 is 2.65 bits per heavy atom. The minimum atomic E-state index is -0.566. The quantitative estimate of drug-likeness (QED) is 0.644. The van der Waals surface area contributed by atoms with Crippen molar-refractivity contribution in [3.8, 4) is 5.75 Å². The maximum atomic E-state index is 13.4. The molecule has 1 N–H and O–H groups in total. The van der Waals surface area contributed by atoms with E-state index < -0.39 is 12.2 Å². The maximum absolute atomic E-state index is 13.4. The molecule has 1 aromatic carbocycles. The lowest BCUT2D eigenvalue weighted by Crippen LogP contribution is -2.76. The van der Waals surface area contributed by atoms with Gasteiger partial charge in [0.2, 0.25) is 11.8 Å². The van der Waals surface area contributed by atoms with Crippen molar-refractivity contribution in [2.45, 2.75) is 57.5 Å². The molecule has 4 rings (SSSR count). The summed E-state index contributed by atoms with van der Waals surface area (Å²) in [5, 5.41) is 6.20. The summed E-state index contributed by atoms with van der Waals surface area (Å²) in [4.78, 5) is 43.2. The van der Waals surface area contributed by atoms with Crippen LogP contribution in [0.5, 0.6) is 5.75 Å². The number of piperazine rings is 1. The van der Waals surface area contributed by atoms with Crippen molar-refractivity contribution in [1.29, 1.82) is 0 Å². The highest BCUT2D eigenvalue weighted by Crippen LogP contribution is 2.29. The van der Waals surface area contributed by atoms with Gasteiger partial charge in [0, 0.05) is 26.7 Å². The Morgan fingerprint density at radius 2 is 2.00 bits per heavy atom. The van der Waals surface area contributed by atoms with Crippen LogP contribution in [-0.4, -0.2) is 96.4 Å². The summed E-state index contributed by atoms with van der Waals surface area (Å²) >= 11 is 0. The topological polar surface area (TPSA) is 94.7 Å². The molecule has 0 spiro atoms. The number of nitrogens with one attached hydrogen (secondary N) is 1. The monoisotopic (exact) mass is 473 g/mol. The highest BCUT2D eigenvalue weighted by Gasteiger charge is 2.50. The van der Waals surface area contributed by atoms with Crippen LogP contribution >= 0.6 is 0 Å². The molecule has 3 aliphatic rings. The summed E-state index contributed by atoms with van der Waals surface area (Å²) < 4.78 is 11.0. The molecule has 34 heavy (non-hydrogen) atoms. The molecular formula is C24H35N5O5. The number of hydrazine groups is 1. The molecular weight excluding hydrogens is 438 g/mol. The van der Waals surface area contributed by atoms with Crippen LogP contribution in [0, 0.1) is 0 Å². The van der Waals surface area contributed by atoms with Crippen LogP contribution < -0.4 is 10.1 Å². The summed E-state index contributed by atoms with van der Waals surface area (Å²) in [5.41, 5.74) is 0.935. The summed E-state index contributed by atoms with van der Waals surface area (Å²) in [6, 6.07) is 6.62. The average Bonchev–Trinajstić information content (AvgIpc) is 3.33. The van der Waals surface area contributed by atoms with Crippen LogP contribution in [-0.2, 0) is 20.9 Å². The second kappa shape index (κ2) is 10.6. The van der Waals surface area contributed by atoms with Gasteiger partial charge in [-0.05, 0) is 37.0 Å². The van der Waals surface area contributed by atoms with Crippen molar-refractivity contribution in [2.24, 2.45) is 0 Å².